The van der Waals surface area contributed by atoms with Crippen molar-refractivity contribution in [2.24, 2.45) is 11.3 Å². The van der Waals surface area contributed by atoms with E-state index in [1.165, 1.54) is 12.8 Å². The number of rotatable bonds is 6. The van der Waals surface area contributed by atoms with E-state index in [1.807, 2.05) is 30.3 Å². The number of fused-ring (bicyclic) bond motifs is 1. The lowest BCUT2D eigenvalue weighted by Crippen LogP contribution is -2.53. The molecule has 2 fully saturated rings. The summed E-state index contributed by atoms with van der Waals surface area (Å²) in [5.74, 6) is 2.81. The van der Waals surface area contributed by atoms with Crippen LogP contribution in [0.4, 0.5) is 5.82 Å². The van der Waals surface area contributed by atoms with Gasteiger partial charge >= 0.3 is 0 Å². The van der Waals surface area contributed by atoms with Crippen molar-refractivity contribution in [3.63, 3.8) is 0 Å². The van der Waals surface area contributed by atoms with Gasteiger partial charge in [0.05, 0.1) is 32.6 Å². The topological polar surface area (TPSA) is 69.4 Å². The first-order chi connectivity index (χ1) is 13.2. The summed E-state index contributed by atoms with van der Waals surface area (Å²) in [6.07, 6.45) is 4.02. The molecule has 2 aromatic heterocycles. The number of furan rings is 1. The van der Waals surface area contributed by atoms with Crippen molar-refractivity contribution in [2.45, 2.75) is 19.4 Å². The van der Waals surface area contributed by atoms with Gasteiger partial charge in [-0.15, -0.1) is 0 Å². The lowest BCUT2D eigenvalue weighted by Gasteiger charge is -2.53. The lowest BCUT2D eigenvalue weighted by molar-refractivity contribution is -0.182. The Balaban J connectivity index is 1.33. The van der Waals surface area contributed by atoms with Gasteiger partial charge in [-0.25, -0.2) is 9.97 Å². The fourth-order valence-corrected chi connectivity index (χ4v) is 4.22. The van der Waals surface area contributed by atoms with Gasteiger partial charge in [0.25, 0.3) is 0 Å². The molecule has 0 radical (unpaired) electrons. The second-order valence-electron chi connectivity index (χ2n) is 7.50. The quantitative estimate of drug-likeness (QED) is 0.638. The van der Waals surface area contributed by atoms with Gasteiger partial charge < -0.3 is 19.2 Å². The molecule has 1 aliphatic carbocycles. The molecule has 6 nitrogen and oxygen atoms in total. The summed E-state index contributed by atoms with van der Waals surface area (Å²) in [6.45, 7) is 3.03. The van der Waals surface area contributed by atoms with Crippen molar-refractivity contribution in [1.82, 2.24) is 9.97 Å². The van der Waals surface area contributed by atoms with Gasteiger partial charge in [-0.2, -0.15) is 0 Å². The van der Waals surface area contributed by atoms with E-state index >= 15 is 0 Å². The third-order valence-corrected chi connectivity index (χ3v) is 5.58. The molecule has 1 spiro atoms. The number of benzene rings is 1. The Bertz CT molecular complexity index is 949. The zero-order valence-corrected chi connectivity index (χ0v) is 15.5. The van der Waals surface area contributed by atoms with Crippen LogP contribution in [0.15, 0.2) is 41.0 Å². The molecule has 3 heterocycles. The third-order valence-electron chi connectivity index (χ3n) is 5.41. The number of halogens is 1. The van der Waals surface area contributed by atoms with Crippen molar-refractivity contribution in [1.29, 1.82) is 0 Å². The van der Waals surface area contributed by atoms with Crippen LogP contribution >= 0.6 is 11.6 Å². The summed E-state index contributed by atoms with van der Waals surface area (Å²) >= 11 is 6.17. The Morgan fingerprint density at radius 3 is 2.81 bits per heavy atom. The highest BCUT2D eigenvalue weighted by Gasteiger charge is 2.49. The lowest BCUT2D eigenvalue weighted by atomic mass is 9.61. The summed E-state index contributed by atoms with van der Waals surface area (Å²) in [5, 5.41) is 4.34. The van der Waals surface area contributed by atoms with Crippen molar-refractivity contribution in [2.75, 3.05) is 25.1 Å². The molecule has 0 atom stereocenters. The van der Waals surface area contributed by atoms with E-state index in [-0.39, 0.29) is 5.28 Å². The summed E-state index contributed by atoms with van der Waals surface area (Å²) in [6, 6.07) is 9.62. The fraction of sp³-hybridized carbons (Fsp3) is 0.400. The highest BCUT2D eigenvalue weighted by Crippen LogP contribution is 2.50. The standard InChI is InChI=1S/C20H20ClN3O3/c21-19-23-17-15(18(24-19)22-9-14-3-2-6-26-14)4-1-5-16(17)27-10-13-7-20(8-13)11-25-12-20/h1-6,13H,7-12H2,(H,22,23,24). The zero-order chi connectivity index (χ0) is 18.3. The first kappa shape index (κ1) is 16.8. The minimum atomic E-state index is 0.190. The smallest absolute Gasteiger partial charge is 0.225 e. The SMILES string of the molecule is Clc1nc(NCc2ccco2)c2cccc(OCC3CC4(COC4)C3)c2n1. The molecule has 5 rings (SSSR count). The van der Waals surface area contributed by atoms with Crippen LogP contribution in [0.5, 0.6) is 5.75 Å². The Hall–Kier alpha value is -2.31. The second-order valence-corrected chi connectivity index (χ2v) is 7.84. The van der Waals surface area contributed by atoms with E-state index < -0.39 is 0 Å². The van der Waals surface area contributed by atoms with Crippen LogP contribution in [0, 0.1) is 11.3 Å². The van der Waals surface area contributed by atoms with Crippen LogP contribution < -0.4 is 10.1 Å². The Morgan fingerprint density at radius 2 is 2.07 bits per heavy atom. The molecule has 0 amide bonds. The maximum atomic E-state index is 6.17. The van der Waals surface area contributed by atoms with Crippen LogP contribution in [0.2, 0.25) is 5.28 Å². The van der Waals surface area contributed by atoms with Gasteiger partial charge in [-0.1, -0.05) is 6.07 Å². The van der Waals surface area contributed by atoms with Crippen molar-refractivity contribution < 1.29 is 13.9 Å². The summed E-state index contributed by atoms with van der Waals surface area (Å²) in [4.78, 5) is 8.74. The van der Waals surface area contributed by atoms with Crippen molar-refractivity contribution in [3.05, 3.63) is 47.6 Å². The molecule has 2 aliphatic rings. The third kappa shape index (κ3) is 3.24. The summed E-state index contributed by atoms with van der Waals surface area (Å²) in [7, 11) is 0. The van der Waals surface area contributed by atoms with Crippen LogP contribution in [-0.4, -0.2) is 29.8 Å². The molecule has 140 valence electrons. The molecule has 7 heteroatoms. The minimum absolute atomic E-state index is 0.190. The van der Waals surface area contributed by atoms with Crippen LogP contribution in [0.1, 0.15) is 18.6 Å². The maximum absolute atomic E-state index is 6.17. The summed E-state index contributed by atoms with van der Waals surface area (Å²) in [5.41, 5.74) is 1.17. The van der Waals surface area contributed by atoms with E-state index in [4.69, 9.17) is 25.5 Å². The van der Waals surface area contributed by atoms with E-state index in [1.54, 1.807) is 6.26 Å². The van der Waals surface area contributed by atoms with E-state index in [0.717, 1.165) is 35.6 Å². The van der Waals surface area contributed by atoms with Gasteiger partial charge in [-0.05, 0) is 54.6 Å². The molecular formula is C20H20ClN3O3. The van der Waals surface area contributed by atoms with Gasteiger partial charge in [-0.3, -0.25) is 0 Å². The van der Waals surface area contributed by atoms with E-state index in [2.05, 4.69) is 15.3 Å². The molecule has 3 aromatic rings. The van der Waals surface area contributed by atoms with Crippen molar-refractivity contribution >= 4 is 28.3 Å². The number of anilines is 1. The minimum Gasteiger partial charge on any atom is -0.491 e. The van der Waals surface area contributed by atoms with E-state index in [9.17, 15) is 0 Å². The average Bonchev–Trinajstić information content (AvgIpc) is 3.10. The normalized spacial score (nSPS) is 18.3. The number of nitrogens with zero attached hydrogens (tertiary/aromatic N) is 2. The molecule has 1 aliphatic heterocycles. The van der Waals surface area contributed by atoms with Crippen LogP contribution in [0.3, 0.4) is 0 Å². The van der Waals surface area contributed by atoms with Gasteiger partial charge in [0.2, 0.25) is 5.28 Å². The predicted molar refractivity (Wildman–Crippen MR) is 102 cm³/mol. The van der Waals surface area contributed by atoms with Gasteiger partial charge in [0, 0.05) is 10.8 Å². The molecule has 27 heavy (non-hydrogen) atoms. The fourth-order valence-electron chi connectivity index (χ4n) is 4.05. The largest absolute Gasteiger partial charge is 0.491 e. The Morgan fingerprint density at radius 1 is 1.19 bits per heavy atom. The number of ether oxygens (including phenoxy) is 2. The molecular weight excluding hydrogens is 366 g/mol. The monoisotopic (exact) mass is 385 g/mol. The number of hydrogen-bond donors (Lipinski definition) is 1. The highest BCUT2D eigenvalue weighted by atomic mass is 35.5. The van der Waals surface area contributed by atoms with Crippen LogP contribution in [0.25, 0.3) is 10.9 Å². The number of hydrogen-bond acceptors (Lipinski definition) is 6. The molecule has 1 aromatic carbocycles. The first-order valence-corrected chi connectivity index (χ1v) is 9.52. The Kier molecular flexibility index (Phi) is 4.17. The predicted octanol–water partition coefficient (Wildman–Crippen LogP) is 4.29. The molecule has 1 N–H and O–H groups in total. The maximum Gasteiger partial charge on any atom is 0.225 e. The Labute approximate surface area is 161 Å². The first-order valence-electron chi connectivity index (χ1n) is 9.14. The molecule has 0 bridgehead atoms. The molecule has 0 unspecified atom stereocenters. The molecule has 1 saturated heterocycles. The van der Waals surface area contributed by atoms with Crippen molar-refractivity contribution in [3.8, 4) is 5.75 Å². The summed E-state index contributed by atoms with van der Waals surface area (Å²) < 4.78 is 16.8. The van der Waals surface area contributed by atoms with E-state index in [0.29, 0.717) is 30.3 Å². The average molecular weight is 386 g/mol. The molecule has 1 saturated carbocycles. The van der Waals surface area contributed by atoms with Gasteiger partial charge in [0.1, 0.15) is 22.8 Å². The number of aromatic nitrogens is 2. The van der Waals surface area contributed by atoms with Gasteiger partial charge in [0.15, 0.2) is 0 Å². The second kappa shape index (κ2) is 6.69. The number of nitrogens with one attached hydrogen (secondary N) is 1. The zero-order valence-electron chi connectivity index (χ0n) is 14.8. The number of para-hydroxylation sites is 1. The highest BCUT2D eigenvalue weighted by molar-refractivity contribution is 6.29. The van der Waals surface area contributed by atoms with Crippen LogP contribution in [-0.2, 0) is 11.3 Å².